The summed E-state index contributed by atoms with van der Waals surface area (Å²) in [5.74, 6) is 0.753. The number of fused-ring (bicyclic) bond motifs is 3. The van der Waals surface area contributed by atoms with Crippen molar-refractivity contribution in [2.75, 3.05) is 17.6 Å². The van der Waals surface area contributed by atoms with E-state index < -0.39 is 10.0 Å². The van der Waals surface area contributed by atoms with E-state index in [4.69, 9.17) is 10.5 Å². The van der Waals surface area contributed by atoms with E-state index in [-0.39, 0.29) is 4.90 Å². The van der Waals surface area contributed by atoms with Gasteiger partial charge in [-0.25, -0.2) is 8.42 Å². The van der Waals surface area contributed by atoms with Gasteiger partial charge in [0.15, 0.2) is 0 Å². The van der Waals surface area contributed by atoms with Crippen LogP contribution in [0.5, 0.6) is 5.75 Å². The number of nitrogens with one attached hydrogen (secondary N) is 1. The number of hydrogen-bond donors (Lipinski definition) is 2. The number of anilines is 2. The SMILES string of the molecule is COc1ccc2cc(NS(=O)(=O)c3ccc(N)cc3)c3ccccc3c2c1. The summed E-state index contributed by atoms with van der Waals surface area (Å²) in [6, 6.07) is 21.4. The second-order valence-corrected chi connectivity index (χ2v) is 7.91. The van der Waals surface area contributed by atoms with Crippen LogP contribution in [0.4, 0.5) is 11.4 Å². The van der Waals surface area contributed by atoms with Crippen LogP contribution >= 0.6 is 0 Å². The van der Waals surface area contributed by atoms with E-state index in [1.165, 1.54) is 12.1 Å². The van der Waals surface area contributed by atoms with Gasteiger partial charge in [0.05, 0.1) is 17.7 Å². The predicted molar refractivity (Wildman–Crippen MR) is 110 cm³/mol. The minimum absolute atomic E-state index is 0.163. The second-order valence-electron chi connectivity index (χ2n) is 6.23. The third kappa shape index (κ3) is 3.15. The molecule has 4 aromatic carbocycles. The highest BCUT2D eigenvalue weighted by atomic mass is 32.2. The van der Waals surface area contributed by atoms with Crippen molar-refractivity contribution in [1.82, 2.24) is 0 Å². The van der Waals surface area contributed by atoms with Crippen molar-refractivity contribution in [1.29, 1.82) is 0 Å². The van der Waals surface area contributed by atoms with E-state index in [2.05, 4.69) is 4.72 Å². The van der Waals surface area contributed by atoms with E-state index in [0.29, 0.717) is 11.4 Å². The fraction of sp³-hybridized carbons (Fsp3) is 0.0476. The van der Waals surface area contributed by atoms with Gasteiger partial charge in [0.25, 0.3) is 10.0 Å². The molecule has 5 nitrogen and oxygen atoms in total. The first-order chi connectivity index (χ1) is 13.0. The molecule has 0 unspecified atom stereocenters. The lowest BCUT2D eigenvalue weighted by atomic mass is 10.0. The average Bonchev–Trinajstić information content (AvgIpc) is 2.68. The van der Waals surface area contributed by atoms with E-state index in [1.54, 1.807) is 19.2 Å². The van der Waals surface area contributed by atoms with Crippen LogP contribution in [0.3, 0.4) is 0 Å². The Morgan fingerprint density at radius 3 is 2.26 bits per heavy atom. The first-order valence-electron chi connectivity index (χ1n) is 8.36. The molecule has 0 aliphatic carbocycles. The minimum Gasteiger partial charge on any atom is -0.497 e. The average molecular weight is 378 g/mol. The largest absolute Gasteiger partial charge is 0.497 e. The van der Waals surface area contributed by atoms with Gasteiger partial charge in [-0.2, -0.15) is 0 Å². The Hall–Kier alpha value is -3.25. The van der Waals surface area contributed by atoms with Gasteiger partial charge in [0, 0.05) is 11.1 Å². The van der Waals surface area contributed by atoms with E-state index in [0.717, 1.165) is 27.3 Å². The summed E-state index contributed by atoms with van der Waals surface area (Å²) >= 11 is 0. The number of methoxy groups -OCH3 is 1. The maximum absolute atomic E-state index is 12.8. The summed E-state index contributed by atoms with van der Waals surface area (Å²) < 4.78 is 33.7. The first kappa shape index (κ1) is 17.2. The van der Waals surface area contributed by atoms with Crippen molar-refractivity contribution in [3.63, 3.8) is 0 Å². The number of sulfonamides is 1. The van der Waals surface area contributed by atoms with Crippen LogP contribution in [-0.4, -0.2) is 15.5 Å². The summed E-state index contributed by atoms with van der Waals surface area (Å²) in [5.41, 5.74) is 6.70. The molecule has 0 aliphatic rings. The molecular weight excluding hydrogens is 360 g/mol. The Kier molecular flexibility index (Phi) is 4.12. The number of nitrogen functional groups attached to an aromatic ring is 1. The summed E-state index contributed by atoms with van der Waals surface area (Å²) in [4.78, 5) is 0.163. The van der Waals surface area contributed by atoms with Crippen LogP contribution in [0, 0.1) is 0 Å². The molecule has 0 saturated heterocycles. The molecule has 3 N–H and O–H groups in total. The first-order valence-corrected chi connectivity index (χ1v) is 9.84. The summed E-state index contributed by atoms with van der Waals surface area (Å²) in [5, 5.41) is 3.69. The van der Waals surface area contributed by atoms with E-state index in [9.17, 15) is 8.42 Å². The Bertz CT molecular complexity index is 1250. The molecule has 0 aromatic heterocycles. The monoisotopic (exact) mass is 378 g/mol. The topological polar surface area (TPSA) is 81.4 Å². The number of hydrogen-bond acceptors (Lipinski definition) is 4. The minimum atomic E-state index is -3.73. The van der Waals surface area contributed by atoms with Gasteiger partial charge < -0.3 is 10.5 Å². The van der Waals surface area contributed by atoms with Crippen LogP contribution in [0.2, 0.25) is 0 Å². The van der Waals surface area contributed by atoms with Crippen molar-refractivity contribution in [2.45, 2.75) is 4.90 Å². The van der Waals surface area contributed by atoms with Crippen LogP contribution in [0.25, 0.3) is 21.5 Å². The fourth-order valence-corrected chi connectivity index (χ4v) is 4.21. The number of nitrogens with two attached hydrogens (primary N) is 1. The Balaban J connectivity index is 1.89. The maximum Gasteiger partial charge on any atom is 0.261 e. The molecule has 0 saturated carbocycles. The zero-order valence-electron chi connectivity index (χ0n) is 14.6. The van der Waals surface area contributed by atoms with E-state index in [1.807, 2.05) is 48.5 Å². The van der Waals surface area contributed by atoms with Gasteiger partial charge in [0.2, 0.25) is 0 Å². The van der Waals surface area contributed by atoms with Crippen LogP contribution < -0.4 is 15.2 Å². The Morgan fingerprint density at radius 2 is 1.56 bits per heavy atom. The zero-order valence-corrected chi connectivity index (χ0v) is 15.5. The van der Waals surface area contributed by atoms with Crippen LogP contribution in [0.1, 0.15) is 0 Å². The van der Waals surface area contributed by atoms with Gasteiger partial charge in [0.1, 0.15) is 5.75 Å². The van der Waals surface area contributed by atoms with Crippen molar-refractivity contribution >= 4 is 42.9 Å². The number of rotatable bonds is 4. The molecule has 6 heteroatoms. The third-order valence-corrected chi connectivity index (χ3v) is 5.88. The van der Waals surface area contributed by atoms with Crippen molar-refractivity contribution in [3.8, 4) is 5.75 Å². The Morgan fingerprint density at radius 1 is 0.852 bits per heavy atom. The smallest absolute Gasteiger partial charge is 0.261 e. The lowest BCUT2D eigenvalue weighted by Gasteiger charge is -2.14. The number of ether oxygens (including phenoxy) is 1. The molecule has 136 valence electrons. The molecule has 0 bridgehead atoms. The lowest BCUT2D eigenvalue weighted by Crippen LogP contribution is -2.13. The van der Waals surface area contributed by atoms with Gasteiger partial charge in [-0.1, -0.05) is 30.3 Å². The van der Waals surface area contributed by atoms with Crippen LogP contribution in [-0.2, 0) is 10.0 Å². The zero-order chi connectivity index (χ0) is 19.0. The third-order valence-electron chi connectivity index (χ3n) is 4.50. The predicted octanol–water partition coefficient (Wildman–Crippen LogP) is 4.38. The molecule has 0 atom stereocenters. The second kappa shape index (κ2) is 6.48. The molecule has 0 aliphatic heterocycles. The quantitative estimate of drug-likeness (QED) is 0.408. The standard InChI is InChI=1S/C21H18N2O3S/c1-26-16-9-6-14-12-21(19-5-3-2-4-18(19)20(14)13-16)23-27(24,25)17-10-7-15(22)8-11-17/h2-13,23H,22H2,1H3. The molecule has 0 amide bonds. The van der Waals surface area contributed by atoms with Crippen molar-refractivity contribution in [3.05, 3.63) is 72.8 Å². The van der Waals surface area contributed by atoms with Crippen molar-refractivity contribution < 1.29 is 13.2 Å². The van der Waals surface area contributed by atoms with Gasteiger partial charge in [-0.05, 0) is 58.6 Å². The Labute approximate surface area is 157 Å². The molecule has 0 heterocycles. The molecule has 4 rings (SSSR count). The molecule has 0 fully saturated rings. The number of benzene rings is 4. The molecular formula is C21H18N2O3S. The highest BCUT2D eigenvalue weighted by molar-refractivity contribution is 7.92. The molecule has 4 aromatic rings. The van der Waals surface area contributed by atoms with Crippen molar-refractivity contribution in [2.24, 2.45) is 0 Å². The molecule has 0 spiro atoms. The highest BCUT2D eigenvalue weighted by Gasteiger charge is 2.16. The molecule has 27 heavy (non-hydrogen) atoms. The van der Waals surface area contributed by atoms with Gasteiger partial charge in [-0.3, -0.25) is 4.72 Å². The van der Waals surface area contributed by atoms with E-state index >= 15 is 0 Å². The highest BCUT2D eigenvalue weighted by Crippen LogP contribution is 2.35. The summed E-state index contributed by atoms with van der Waals surface area (Å²) in [7, 11) is -2.11. The molecule has 0 radical (unpaired) electrons. The maximum atomic E-state index is 12.8. The van der Waals surface area contributed by atoms with Gasteiger partial charge >= 0.3 is 0 Å². The lowest BCUT2D eigenvalue weighted by molar-refractivity contribution is 0.415. The van der Waals surface area contributed by atoms with Gasteiger partial charge in [-0.15, -0.1) is 0 Å². The van der Waals surface area contributed by atoms with Crippen LogP contribution in [0.15, 0.2) is 77.7 Å². The summed E-state index contributed by atoms with van der Waals surface area (Å²) in [6.45, 7) is 0. The summed E-state index contributed by atoms with van der Waals surface area (Å²) in [6.07, 6.45) is 0. The normalized spacial score (nSPS) is 11.6. The fourth-order valence-electron chi connectivity index (χ4n) is 3.14.